The van der Waals surface area contributed by atoms with Gasteiger partial charge >= 0.3 is 0 Å². The number of anilines is 1. The molecule has 0 radical (unpaired) electrons. The molecule has 1 aromatic heterocycles. The van der Waals surface area contributed by atoms with Gasteiger partial charge in [0, 0.05) is 25.2 Å². The summed E-state index contributed by atoms with van der Waals surface area (Å²) in [6, 6.07) is 10.5. The van der Waals surface area contributed by atoms with Crippen LogP contribution in [-0.4, -0.2) is 23.2 Å². The zero-order valence-corrected chi connectivity index (χ0v) is 11.2. The minimum atomic E-state index is -0.194. The van der Waals surface area contributed by atoms with E-state index in [1.165, 1.54) is 17.7 Å². The molecule has 0 aliphatic carbocycles. The first kappa shape index (κ1) is 13.1. The normalized spacial score (nSPS) is 18.5. The highest BCUT2D eigenvalue weighted by molar-refractivity contribution is 5.43. The molecule has 1 aromatic carbocycles. The number of aromatic nitrogens is 1. The largest absolute Gasteiger partial charge is 0.392 e. The number of hydrogen-bond acceptors (Lipinski definition) is 3. The van der Waals surface area contributed by atoms with Crippen LogP contribution in [-0.2, 0) is 6.61 Å². The van der Waals surface area contributed by atoms with Crippen LogP contribution < -0.4 is 4.90 Å². The van der Waals surface area contributed by atoms with Crippen LogP contribution >= 0.6 is 0 Å². The zero-order chi connectivity index (χ0) is 13.9. The standard InChI is InChI=1S/C16H17FN2O/c17-15-3-1-13(2-4-15)14-6-8-19(10-14)16-9-12(11-20)5-7-18-16/h1-5,7,9,14,20H,6,8,10-11H2. The maximum Gasteiger partial charge on any atom is 0.128 e. The Bertz CT molecular complexity index is 585. The predicted octanol–water partition coefficient (Wildman–Crippen LogP) is 2.71. The van der Waals surface area contributed by atoms with Crippen LogP contribution in [0.25, 0.3) is 0 Å². The molecular weight excluding hydrogens is 255 g/mol. The molecule has 4 heteroatoms. The van der Waals surface area contributed by atoms with Crippen LogP contribution in [0.5, 0.6) is 0 Å². The highest BCUT2D eigenvalue weighted by Crippen LogP contribution is 2.30. The second kappa shape index (κ2) is 5.59. The fourth-order valence-electron chi connectivity index (χ4n) is 2.71. The minimum Gasteiger partial charge on any atom is -0.392 e. The molecule has 1 aliphatic rings. The Morgan fingerprint density at radius 1 is 1.25 bits per heavy atom. The number of benzene rings is 1. The van der Waals surface area contributed by atoms with Crippen molar-refractivity contribution in [3.63, 3.8) is 0 Å². The number of pyridine rings is 1. The van der Waals surface area contributed by atoms with Crippen LogP contribution in [0, 0.1) is 5.82 Å². The molecule has 1 N–H and O–H groups in total. The van der Waals surface area contributed by atoms with E-state index >= 15 is 0 Å². The van der Waals surface area contributed by atoms with Crippen molar-refractivity contribution in [3.05, 3.63) is 59.5 Å². The van der Waals surface area contributed by atoms with Crippen molar-refractivity contribution < 1.29 is 9.50 Å². The molecule has 0 bridgehead atoms. The van der Waals surface area contributed by atoms with Crippen molar-refractivity contribution in [2.24, 2.45) is 0 Å². The summed E-state index contributed by atoms with van der Waals surface area (Å²) in [7, 11) is 0. The van der Waals surface area contributed by atoms with E-state index in [2.05, 4.69) is 9.88 Å². The summed E-state index contributed by atoms with van der Waals surface area (Å²) < 4.78 is 13.0. The lowest BCUT2D eigenvalue weighted by molar-refractivity contribution is 0.281. The van der Waals surface area contributed by atoms with Gasteiger partial charge in [-0.3, -0.25) is 0 Å². The summed E-state index contributed by atoms with van der Waals surface area (Å²) in [6.07, 6.45) is 2.77. The molecule has 2 aromatic rings. The van der Waals surface area contributed by atoms with Gasteiger partial charge in [-0.1, -0.05) is 12.1 Å². The van der Waals surface area contributed by atoms with E-state index in [4.69, 9.17) is 0 Å². The van der Waals surface area contributed by atoms with Crippen molar-refractivity contribution in [2.45, 2.75) is 18.9 Å². The predicted molar refractivity (Wildman–Crippen MR) is 76.1 cm³/mol. The van der Waals surface area contributed by atoms with Crippen molar-refractivity contribution in [1.82, 2.24) is 4.98 Å². The number of halogens is 1. The molecule has 0 amide bonds. The number of hydrogen-bond donors (Lipinski definition) is 1. The van der Waals surface area contributed by atoms with Gasteiger partial charge in [0.15, 0.2) is 0 Å². The summed E-state index contributed by atoms with van der Waals surface area (Å²) in [4.78, 5) is 6.58. The first-order valence-corrected chi connectivity index (χ1v) is 6.82. The molecule has 3 nitrogen and oxygen atoms in total. The highest BCUT2D eigenvalue weighted by atomic mass is 19.1. The second-order valence-electron chi connectivity index (χ2n) is 5.16. The van der Waals surface area contributed by atoms with Gasteiger partial charge < -0.3 is 10.0 Å². The summed E-state index contributed by atoms with van der Waals surface area (Å²) >= 11 is 0. The first-order chi connectivity index (χ1) is 9.76. The summed E-state index contributed by atoms with van der Waals surface area (Å²) in [5, 5.41) is 9.18. The van der Waals surface area contributed by atoms with Gasteiger partial charge in [0.25, 0.3) is 0 Å². The Labute approximate surface area is 117 Å². The van der Waals surface area contributed by atoms with Gasteiger partial charge in [-0.25, -0.2) is 9.37 Å². The molecule has 104 valence electrons. The second-order valence-corrected chi connectivity index (χ2v) is 5.16. The summed E-state index contributed by atoms with van der Waals surface area (Å²) in [6.45, 7) is 1.85. The van der Waals surface area contributed by atoms with Crippen LogP contribution in [0.4, 0.5) is 10.2 Å². The van der Waals surface area contributed by atoms with Gasteiger partial charge in [-0.15, -0.1) is 0 Å². The van der Waals surface area contributed by atoms with Gasteiger partial charge in [0.1, 0.15) is 11.6 Å². The lowest BCUT2D eigenvalue weighted by atomic mass is 9.99. The fraction of sp³-hybridized carbons (Fsp3) is 0.312. The van der Waals surface area contributed by atoms with E-state index in [1.807, 2.05) is 24.3 Å². The Morgan fingerprint density at radius 3 is 2.80 bits per heavy atom. The monoisotopic (exact) mass is 272 g/mol. The molecule has 1 saturated heterocycles. The maximum absolute atomic E-state index is 13.0. The fourth-order valence-corrected chi connectivity index (χ4v) is 2.71. The average Bonchev–Trinajstić information content (AvgIpc) is 2.98. The van der Waals surface area contributed by atoms with Crippen molar-refractivity contribution in [1.29, 1.82) is 0 Å². The Balaban J connectivity index is 1.74. The van der Waals surface area contributed by atoms with E-state index in [-0.39, 0.29) is 12.4 Å². The topological polar surface area (TPSA) is 36.4 Å². The third-order valence-electron chi connectivity index (χ3n) is 3.85. The van der Waals surface area contributed by atoms with Gasteiger partial charge in [0.05, 0.1) is 6.61 Å². The van der Waals surface area contributed by atoms with E-state index in [9.17, 15) is 9.50 Å². The highest BCUT2D eigenvalue weighted by Gasteiger charge is 2.24. The number of aliphatic hydroxyl groups excluding tert-OH is 1. The molecule has 3 rings (SSSR count). The molecule has 1 atom stereocenters. The van der Waals surface area contributed by atoms with E-state index in [0.29, 0.717) is 5.92 Å². The average molecular weight is 272 g/mol. The molecule has 1 unspecified atom stereocenters. The SMILES string of the molecule is OCc1ccnc(N2CCC(c3ccc(F)cc3)C2)c1. The smallest absolute Gasteiger partial charge is 0.128 e. The van der Waals surface area contributed by atoms with Crippen molar-refractivity contribution >= 4 is 5.82 Å². The zero-order valence-electron chi connectivity index (χ0n) is 11.2. The third kappa shape index (κ3) is 2.65. The van der Waals surface area contributed by atoms with Crippen molar-refractivity contribution in [2.75, 3.05) is 18.0 Å². The van der Waals surface area contributed by atoms with Crippen LogP contribution in [0.1, 0.15) is 23.5 Å². The molecule has 1 fully saturated rings. The van der Waals surface area contributed by atoms with Crippen LogP contribution in [0.2, 0.25) is 0 Å². The number of rotatable bonds is 3. The number of nitrogens with zero attached hydrogens (tertiary/aromatic N) is 2. The molecule has 0 spiro atoms. The minimum absolute atomic E-state index is 0.0325. The van der Waals surface area contributed by atoms with Gasteiger partial charge in [0.2, 0.25) is 0 Å². The molecule has 20 heavy (non-hydrogen) atoms. The van der Waals surface area contributed by atoms with E-state index < -0.39 is 0 Å². The van der Waals surface area contributed by atoms with Gasteiger partial charge in [-0.05, 0) is 41.8 Å². The van der Waals surface area contributed by atoms with E-state index in [0.717, 1.165) is 30.9 Å². The molecule has 1 aliphatic heterocycles. The summed E-state index contributed by atoms with van der Waals surface area (Å²) in [5.41, 5.74) is 2.05. The quantitative estimate of drug-likeness (QED) is 0.933. The Kier molecular flexibility index (Phi) is 3.65. The number of aliphatic hydroxyl groups is 1. The molecule has 0 saturated carbocycles. The first-order valence-electron chi connectivity index (χ1n) is 6.82. The Morgan fingerprint density at radius 2 is 2.05 bits per heavy atom. The van der Waals surface area contributed by atoms with E-state index in [1.54, 1.807) is 6.20 Å². The lowest BCUT2D eigenvalue weighted by Crippen LogP contribution is -2.20. The molecule has 2 heterocycles. The Hall–Kier alpha value is -1.94. The van der Waals surface area contributed by atoms with Gasteiger partial charge in [-0.2, -0.15) is 0 Å². The van der Waals surface area contributed by atoms with Crippen LogP contribution in [0.3, 0.4) is 0 Å². The summed E-state index contributed by atoms with van der Waals surface area (Å²) in [5.74, 6) is 1.12. The third-order valence-corrected chi connectivity index (χ3v) is 3.85. The van der Waals surface area contributed by atoms with Crippen LogP contribution in [0.15, 0.2) is 42.6 Å². The molecular formula is C16H17FN2O. The van der Waals surface area contributed by atoms with Crippen molar-refractivity contribution in [3.8, 4) is 0 Å². The lowest BCUT2D eigenvalue weighted by Gasteiger charge is -2.18. The maximum atomic E-state index is 13.0.